The number of hydrogen-bond acceptors (Lipinski definition) is 7. The Morgan fingerprint density at radius 3 is 2.32 bits per heavy atom. The quantitative estimate of drug-likeness (QED) is 0.428. The molecule has 3 aliphatic rings. The van der Waals surface area contributed by atoms with Crippen LogP contribution in [0.1, 0.15) is 65.1 Å². The molecule has 3 fully saturated rings. The van der Waals surface area contributed by atoms with Gasteiger partial charge >= 0.3 is 11.9 Å². The zero-order valence-corrected chi connectivity index (χ0v) is 20.6. The number of ether oxygens (including phenoxy) is 1. The number of hydrogen-bond donors (Lipinski definition) is 3. The van der Waals surface area contributed by atoms with Crippen molar-refractivity contribution in [3.8, 4) is 0 Å². The average molecular weight is 512 g/mol. The summed E-state index contributed by atoms with van der Waals surface area (Å²) in [6, 6.07) is 8.95. The molecule has 6 rings (SSSR count). The first-order valence-corrected chi connectivity index (χ1v) is 12.1. The number of amides is 1. The van der Waals surface area contributed by atoms with Crippen molar-refractivity contribution in [1.82, 2.24) is 19.9 Å². The lowest BCUT2D eigenvalue weighted by molar-refractivity contribution is -0.162. The number of aromatic nitrogens is 3. The maximum absolute atomic E-state index is 12.8. The third-order valence-electron chi connectivity index (χ3n) is 7.60. The molecule has 2 aromatic heterocycles. The van der Waals surface area contributed by atoms with Gasteiger partial charge in [-0.05, 0) is 61.6 Å². The van der Waals surface area contributed by atoms with Crippen LogP contribution in [0, 0.1) is 16.6 Å². The van der Waals surface area contributed by atoms with Gasteiger partial charge in [0.2, 0.25) is 0 Å². The number of benzene rings is 1. The normalized spacial score (nSPS) is 22.1. The summed E-state index contributed by atoms with van der Waals surface area (Å²) >= 11 is 0. The summed E-state index contributed by atoms with van der Waals surface area (Å²) in [5.41, 5.74) is 6.09. The summed E-state index contributed by atoms with van der Waals surface area (Å²) in [7, 11) is 1.43. The number of carbonyl (C=O) groups excluding carboxylic acids is 2. The van der Waals surface area contributed by atoms with Gasteiger partial charge in [-0.2, -0.15) is 5.10 Å². The van der Waals surface area contributed by atoms with Crippen LogP contribution < -0.4 is 11.1 Å². The van der Waals surface area contributed by atoms with Gasteiger partial charge < -0.3 is 20.9 Å². The van der Waals surface area contributed by atoms with E-state index in [9.17, 15) is 23.9 Å². The third kappa shape index (κ3) is 5.46. The Morgan fingerprint density at radius 1 is 1.11 bits per heavy atom. The Kier molecular flexibility index (Phi) is 7.53. The van der Waals surface area contributed by atoms with Gasteiger partial charge in [-0.1, -0.05) is 12.1 Å². The molecule has 1 aromatic carbocycles. The van der Waals surface area contributed by atoms with Gasteiger partial charge in [-0.3, -0.25) is 9.59 Å². The number of aromatic carboxylic acids is 1. The molecule has 0 unspecified atom stereocenters. The standard InChI is InChI=1S/C19H22N4O5.C7H8FN/c1-28-17(27)19-6-3-18(4-7-19,5-8-19)11-20-15(24)13-10-12(16(25)26)22-14-2-9-21-23(13)14;8-7-3-1-6(5-9)2-4-7/h2,9-10H,3-8,11H2,1H3,(H,20,24)(H,25,26);1-4H,5,9H2. The highest BCUT2D eigenvalue weighted by Crippen LogP contribution is 2.57. The highest BCUT2D eigenvalue weighted by atomic mass is 19.1. The molecule has 0 radical (unpaired) electrons. The second kappa shape index (κ2) is 10.6. The average Bonchev–Trinajstić information content (AvgIpc) is 3.41. The number of methoxy groups -OCH3 is 1. The second-order valence-electron chi connectivity index (χ2n) is 9.72. The van der Waals surface area contributed by atoms with E-state index in [1.54, 1.807) is 18.2 Å². The Bertz CT molecular complexity index is 1280. The fourth-order valence-corrected chi connectivity index (χ4v) is 5.21. The summed E-state index contributed by atoms with van der Waals surface area (Å²) in [5.74, 6) is -1.92. The van der Waals surface area contributed by atoms with Gasteiger partial charge in [-0.15, -0.1) is 0 Å². The summed E-state index contributed by atoms with van der Waals surface area (Å²) in [4.78, 5) is 40.2. The molecule has 3 aromatic rings. The summed E-state index contributed by atoms with van der Waals surface area (Å²) in [5, 5.41) is 16.3. The molecule has 2 bridgehead atoms. The van der Waals surface area contributed by atoms with E-state index in [4.69, 9.17) is 10.5 Å². The summed E-state index contributed by atoms with van der Waals surface area (Å²) in [6.45, 7) is 0.955. The first-order valence-electron chi connectivity index (χ1n) is 12.1. The van der Waals surface area contributed by atoms with Crippen molar-refractivity contribution in [2.24, 2.45) is 16.6 Å². The van der Waals surface area contributed by atoms with Crippen molar-refractivity contribution >= 4 is 23.5 Å². The van der Waals surface area contributed by atoms with Gasteiger partial charge in [0.1, 0.15) is 11.5 Å². The molecule has 2 heterocycles. The number of esters is 1. The maximum Gasteiger partial charge on any atom is 0.354 e. The Morgan fingerprint density at radius 2 is 1.76 bits per heavy atom. The number of carboxylic acid groups (broad SMARTS) is 1. The van der Waals surface area contributed by atoms with Gasteiger partial charge in [0, 0.05) is 25.2 Å². The Labute approximate surface area is 213 Å². The van der Waals surface area contributed by atoms with Crippen LogP contribution in [0.5, 0.6) is 0 Å². The molecular formula is C26H30FN5O5. The lowest BCUT2D eigenvalue weighted by atomic mass is 9.53. The number of nitrogens with one attached hydrogen (secondary N) is 1. The minimum Gasteiger partial charge on any atom is -0.477 e. The number of carboxylic acids is 1. The van der Waals surface area contributed by atoms with Crippen molar-refractivity contribution in [1.29, 1.82) is 0 Å². The largest absolute Gasteiger partial charge is 0.477 e. The van der Waals surface area contributed by atoms with E-state index in [2.05, 4.69) is 15.4 Å². The van der Waals surface area contributed by atoms with Crippen LogP contribution in [0.2, 0.25) is 0 Å². The third-order valence-corrected chi connectivity index (χ3v) is 7.60. The molecule has 3 aliphatic carbocycles. The van der Waals surface area contributed by atoms with E-state index in [1.807, 2.05) is 0 Å². The fourth-order valence-electron chi connectivity index (χ4n) is 5.21. The Balaban J connectivity index is 0.000000301. The maximum atomic E-state index is 12.8. The SMILES string of the molecule is COC(=O)C12CCC(CNC(=O)c3cc(C(=O)O)nc4ccnn34)(CC1)CC2.NCc1ccc(F)cc1. The van der Waals surface area contributed by atoms with Crippen molar-refractivity contribution < 1.29 is 28.6 Å². The highest BCUT2D eigenvalue weighted by Gasteiger charge is 2.53. The summed E-state index contributed by atoms with van der Waals surface area (Å²) < 4.78 is 18.5. The molecule has 0 aliphatic heterocycles. The smallest absolute Gasteiger partial charge is 0.354 e. The van der Waals surface area contributed by atoms with Gasteiger partial charge in [0.05, 0.1) is 18.7 Å². The second-order valence-corrected chi connectivity index (χ2v) is 9.72. The topological polar surface area (TPSA) is 149 Å². The van der Waals surface area contributed by atoms with Gasteiger partial charge in [-0.25, -0.2) is 18.7 Å². The predicted molar refractivity (Wildman–Crippen MR) is 131 cm³/mol. The van der Waals surface area contributed by atoms with Crippen LogP contribution in [-0.2, 0) is 16.1 Å². The number of rotatable bonds is 6. The van der Waals surface area contributed by atoms with Crippen LogP contribution in [0.25, 0.3) is 5.65 Å². The van der Waals surface area contributed by atoms with Gasteiger partial charge in [0.15, 0.2) is 11.3 Å². The highest BCUT2D eigenvalue weighted by molar-refractivity contribution is 5.96. The first kappa shape index (κ1) is 26.2. The number of fused-ring (bicyclic) bond motifs is 4. The van der Waals surface area contributed by atoms with Crippen molar-refractivity contribution in [3.05, 3.63) is 65.4 Å². The monoisotopic (exact) mass is 511 g/mol. The van der Waals surface area contributed by atoms with E-state index in [1.165, 1.54) is 36.0 Å². The van der Waals surface area contributed by atoms with E-state index < -0.39 is 5.97 Å². The van der Waals surface area contributed by atoms with Gasteiger partial charge in [0.25, 0.3) is 5.91 Å². The van der Waals surface area contributed by atoms with Crippen LogP contribution in [0.3, 0.4) is 0 Å². The number of carbonyl (C=O) groups is 3. The lowest BCUT2D eigenvalue weighted by Crippen LogP contribution is -2.50. The van der Waals surface area contributed by atoms with E-state index in [0.717, 1.165) is 44.1 Å². The molecule has 0 saturated heterocycles. The zero-order valence-electron chi connectivity index (χ0n) is 20.6. The van der Waals surface area contributed by atoms with Crippen LogP contribution in [0.4, 0.5) is 4.39 Å². The van der Waals surface area contributed by atoms with E-state index in [0.29, 0.717) is 18.7 Å². The molecule has 4 N–H and O–H groups in total. The molecule has 0 spiro atoms. The van der Waals surface area contributed by atoms with E-state index >= 15 is 0 Å². The zero-order chi connectivity index (χ0) is 26.6. The van der Waals surface area contributed by atoms with Crippen LogP contribution in [-0.4, -0.2) is 51.2 Å². The number of halogens is 1. The molecule has 10 nitrogen and oxygen atoms in total. The van der Waals surface area contributed by atoms with Crippen LogP contribution >= 0.6 is 0 Å². The van der Waals surface area contributed by atoms with Crippen LogP contribution in [0.15, 0.2) is 42.6 Å². The molecule has 37 heavy (non-hydrogen) atoms. The lowest BCUT2D eigenvalue weighted by Gasteiger charge is -2.51. The molecule has 1 amide bonds. The fraction of sp³-hybridized carbons (Fsp3) is 0.423. The van der Waals surface area contributed by atoms with Crippen molar-refractivity contribution in [2.75, 3.05) is 13.7 Å². The minimum atomic E-state index is -1.20. The predicted octanol–water partition coefficient (Wildman–Crippen LogP) is 2.96. The number of nitrogens with two attached hydrogens (primary N) is 1. The molecule has 196 valence electrons. The summed E-state index contributed by atoms with van der Waals surface area (Å²) in [6.07, 6.45) is 6.37. The Hall–Kier alpha value is -3.86. The minimum absolute atomic E-state index is 0.0304. The van der Waals surface area contributed by atoms with Crippen molar-refractivity contribution in [2.45, 2.75) is 45.1 Å². The van der Waals surface area contributed by atoms with E-state index in [-0.39, 0.29) is 39.9 Å². The molecular weight excluding hydrogens is 481 g/mol. The molecule has 11 heteroatoms. The molecule has 0 atom stereocenters. The molecule has 3 saturated carbocycles. The number of nitrogens with zero attached hydrogens (tertiary/aromatic N) is 3. The van der Waals surface area contributed by atoms with Crippen molar-refractivity contribution in [3.63, 3.8) is 0 Å². The first-order chi connectivity index (χ1) is 17.7.